The Balaban J connectivity index is 1.53. The molecule has 2 aromatic rings. The zero-order valence-electron chi connectivity index (χ0n) is 15.3. The highest BCUT2D eigenvalue weighted by atomic mass is 19.4. The minimum absolute atomic E-state index is 0.264. The molecule has 6 nitrogen and oxygen atoms in total. The summed E-state index contributed by atoms with van der Waals surface area (Å²) in [6, 6.07) is 7.02. The minimum atomic E-state index is -4.72. The number of alkyl halides is 5. The number of hydrogen-bond donors (Lipinski definition) is 0. The van der Waals surface area contributed by atoms with Crippen molar-refractivity contribution in [1.82, 2.24) is 14.7 Å². The zero-order valence-corrected chi connectivity index (χ0v) is 15.3. The molecule has 0 aliphatic carbocycles. The molecule has 1 fully saturated rings. The van der Waals surface area contributed by atoms with Crippen LogP contribution in [0.2, 0.25) is 0 Å². The highest BCUT2D eigenvalue weighted by Crippen LogP contribution is 2.23. The summed E-state index contributed by atoms with van der Waals surface area (Å²) in [6.07, 6.45) is -5.96. The molecule has 3 rings (SSSR count). The van der Waals surface area contributed by atoms with Gasteiger partial charge in [-0.2, -0.15) is 5.10 Å². The number of rotatable bonds is 6. The topological polar surface area (TPSA) is 50.6 Å². The summed E-state index contributed by atoms with van der Waals surface area (Å²) >= 11 is 0. The van der Waals surface area contributed by atoms with Crippen molar-refractivity contribution >= 4 is 5.69 Å². The molecule has 0 saturated carbocycles. The molecule has 1 saturated heterocycles. The molecule has 0 spiro atoms. The van der Waals surface area contributed by atoms with E-state index in [4.69, 9.17) is 0 Å². The van der Waals surface area contributed by atoms with E-state index in [1.165, 1.54) is 24.4 Å². The summed E-state index contributed by atoms with van der Waals surface area (Å²) in [5.41, 5.74) is 0.851. The van der Waals surface area contributed by atoms with E-state index in [1.807, 2.05) is 4.90 Å². The maximum Gasteiger partial charge on any atom is 0.573 e. The molecule has 0 unspecified atom stereocenters. The van der Waals surface area contributed by atoms with Gasteiger partial charge in [0.15, 0.2) is 0 Å². The predicted octanol–water partition coefficient (Wildman–Crippen LogP) is 2.73. The van der Waals surface area contributed by atoms with E-state index in [-0.39, 0.29) is 5.75 Å². The van der Waals surface area contributed by atoms with Crippen molar-refractivity contribution in [2.75, 3.05) is 31.1 Å². The van der Waals surface area contributed by atoms with Gasteiger partial charge < -0.3 is 9.64 Å². The molecule has 1 aromatic heterocycles. The smallest absolute Gasteiger partial charge is 0.406 e. The van der Waals surface area contributed by atoms with Crippen molar-refractivity contribution in [1.29, 1.82) is 0 Å². The number of halogens is 5. The normalized spacial score (nSPS) is 15.7. The van der Waals surface area contributed by atoms with Crippen LogP contribution in [0.1, 0.15) is 5.56 Å². The second-order valence-electron chi connectivity index (χ2n) is 6.58. The van der Waals surface area contributed by atoms with Crippen LogP contribution >= 0.6 is 0 Å². The molecule has 0 N–H and O–H groups in total. The van der Waals surface area contributed by atoms with Gasteiger partial charge in [0, 0.05) is 38.8 Å². The van der Waals surface area contributed by atoms with Crippen LogP contribution in [-0.4, -0.2) is 53.6 Å². The number of anilines is 1. The van der Waals surface area contributed by atoms with Crippen LogP contribution in [-0.2, 0) is 13.1 Å². The summed E-state index contributed by atoms with van der Waals surface area (Å²) in [7, 11) is 0. The van der Waals surface area contributed by atoms with Crippen LogP contribution in [0.15, 0.2) is 41.3 Å². The Morgan fingerprint density at radius 1 is 1.07 bits per heavy atom. The van der Waals surface area contributed by atoms with Crippen LogP contribution in [0.3, 0.4) is 0 Å². The highest BCUT2D eigenvalue weighted by molar-refractivity contribution is 5.43. The number of ether oxygens (including phenoxy) is 1. The lowest BCUT2D eigenvalue weighted by Crippen LogP contribution is -2.46. The van der Waals surface area contributed by atoms with Crippen molar-refractivity contribution in [2.45, 2.75) is 25.9 Å². The van der Waals surface area contributed by atoms with Crippen LogP contribution in [0.4, 0.5) is 27.6 Å². The lowest BCUT2D eigenvalue weighted by Gasteiger charge is -2.35. The maximum atomic E-state index is 12.4. The Kier molecular flexibility index (Phi) is 6.36. The molecule has 0 amide bonds. The quantitative estimate of drug-likeness (QED) is 0.676. The summed E-state index contributed by atoms with van der Waals surface area (Å²) in [6.45, 7) is 2.38. The summed E-state index contributed by atoms with van der Waals surface area (Å²) in [5.74, 6) is -0.264. The maximum absolute atomic E-state index is 12.4. The van der Waals surface area contributed by atoms with Crippen molar-refractivity contribution in [3.05, 3.63) is 52.4 Å². The van der Waals surface area contributed by atoms with Crippen molar-refractivity contribution in [3.8, 4) is 5.75 Å². The molecule has 0 bridgehead atoms. The van der Waals surface area contributed by atoms with Gasteiger partial charge in [0.2, 0.25) is 0 Å². The fourth-order valence-corrected chi connectivity index (χ4v) is 3.08. The summed E-state index contributed by atoms with van der Waals surface area (Å²) in [5, 5.41) is 3.79. The average Bonchev–Trinajstić information content (AvgIpc) is 2.64. The number of piperazine rings is 1. The molecular weight excluding hydrogens is 399 g/mol. The minimum Gasteiger partial charge on any atom is -0.406 e. The molecule has 0 radical (unpaired) electrons. The second kappa shape index (κ2) is 8.76. The Labute approximate surface area is 163 Å². The van der Waals surface area contributed by atoms with E-state index in [2.05, 4.69) is 14.7 Å². The fourth-order valence-electron chi connectivity index (χ4n) is 3.08. The second-order valence-corrected chi connectivity index (χ2v) is 6.58. The third-order valence-corrected chi connectivity index (χ3v) is 4.47. The van der Waals surface area contributed by atoms with Crippen LogP contribution in [0, 0.1) is 0 Å². The van der Waals surface area contributed by atoms with Gasteiger partial charge in [-0.3, -0.25) is 9.69 Å². The van der Waals surface area contributed by atoms with E-state index < -0.39 is 24.9 Å². The average molecular weight is 418 g/mol. The largest absolute Gasteiger partial charge is 0.573 e. The van der Waals surface area contributed by atoms with Gasteiger partial charge in [-0.1, -0.05) is 12.1 Å². The standard InChI is InChI=1S/C18H19F5N4O2/c19-16(20)12-27-17(28)9-14(10-24-27)26-7-5-25(6-8-26)11-13-1-3-15(4-2-13)29-18(21,22)23/h1-4,9-10,16H,5-8,11-12H2. The lowest BCUT2D eigenvalue weighted by molar-refractivity contribution is -0.274. The molecule has 1 aliphatic heterocycles. The first kappa shape index (κ1) is 21.0. The zero-order chi connectivity index (χ0) is 21.0. The Morgan fingerprint density at radius 2 is 1.72 bits per heavy atom. The van der Waals surface area contributed by atoms with Gasteiger partial charge in [-0.15, -0.1) is 13.2 Å². The molecular formula is C18H19F5N4O2. The van der Waals surface area contributed by atoms with Crippen LogP contribution < -0.4 is 15.2 Å². The number of nitrogens with zero attached hydrogens (tertiary/aromatic N) is 4. The summed E-state index contributed by atoms with van der Waals surface area (Å²) in [4.78, 5) is 16.0. The van der Waals surface area contributed by atoms with Crippen molar-refractivity contribution in [2.24, 2.45) is 0 Å². The molecule has 0 atom stereocenters. The molecule has 1 aliphatic rings. The SMILES string of the molecule is O=c1cc(N2CCN(Cc3ccc(OC(F)(F)F)cc3)CC2)cnn1CC(F)F. The van der Waals surface area contributed by atoms with E-state index in [0.717, 1.165) is 10.2 Å². The third-order valence-electron chi connectivity index (χ3n) is 4.47. The van der Waals surface area contributed by atoms with E-state index in [9.17, 15) is 26.7 Å². The van der Waals surface area contributed by atoms with Crippen molar-refractivity contribution < 1.29 is 26.7 Å². The molecule has 29 heavy (non-hydrogen) atoms. The van der Waals surface area contributed by atoms with Gasteiger partial charge in [0.1, 0.15) is 12.3 Å². The number of hydrogen-bond acceptors (Lipinski definition) is 5. The Bertz CT molecular complexity index is 862. The van der Waals surface area contributed by atoms with Crippen LogP contribution in [0.25, 0.3) is 0 Å². The fraction of sp³-hybridized carbons (Fsp3) is 0.444. The van der Waals surface area contributed by atoms with E-state index in [0.29, 0.717) is 38.4 Å². The first-order chi connectivity index (χ1) is 13.7. The van der Waals surface area contributed by atoms with Gasteiger partial charge in [-0.05, 0) is 17.7 Å². The van der Waals surface area contributed by atoms with Gasteiger partial charge in [0.25, 0.3) is 12.0 Å². The molecule has 2 heterocycles. The number of aromatic nitrogens is 2. The molecule has 1 aromatic carbocycles. The first-order valence-corrected chi connectivity index (χ1v) is 8.87. The monoisotopic (exact) mass is 418 g/mol. The lowest BCUT2D eigenvalue weighted by atomic mass is 10.2. The molecule has 158 valence electrons. The third kappa shape index (κ3) is 6.14. The van der Waals surface area contributed by atoms with E-state index >= 15 is 0 Å². The number of benzene rings is 1. The summed E-state index contributed by atoms with van der Waals surface area (Å²) < 4.78 is 66.0. The van der Waals surface area contributed by atoms with Gasteiger partial charge >= 0.3 is 6.36 Å². The molecule has 11 heteroatoms. The Morgan fingerprint density at radius 3 is 2.28 bits per heavy atom. The first-order valence-electron chi connectivity index (χ1n) is 8.87. The van der Waals surface area contributed by atoms with Crippen LogP contribution in [0.5, 0.6) is 5.75 Å². The Hall–Kier alpha value is -2.69. The predicted molar refractivity (Wildman–Crippen MR) is 95.1 cm³/mol. The van der Waals surface area contributed by atoms with Gasteiger partial charge in [0.05, 0.1) is 11.9 Å². The van der Waals surface area contributed by atoms with E-state index in [1.54, 1.807) is 12.1 Å². The van der Waals surface area contributed by atoms with Crippen molar-refractivity contribution in [3.63, 3.8) is 0 Å². The highest BCUT2D eigenvalue weighted by Gasteiger charge is 2.31. The van der Waals surface area contributed by atoms with Gasteiger partial charge in [-0.25, -0.2) is 13.5 Å².